The van der Waals surface area contributed by atoms with E-state index >= 15 is 0 Å². The number of carbonyl (C=O) groups is 2. The van der Waals surface area contributed by atoms with Gasteiger partial charge in [-0.15, -0.1) is 0 Å². The number of hydrogen-bond acceptors (Lipinski definition) is 4. The molecule has 1 aromatic carbocycles. The molecule has 126 valence electrons. The van der Waals surface area contributed by atoms with Crippen molar-refractivity contribution in [2.24, 2.45) is 0 Å². The van der Waals surface area contributed by atoms with Gasteiger partial charge in [0, 0.05) is 30.5 Å². The number of anilines is 1. The first-order chi connectivity index (χ1) is 11.5. The fourth-order valence-corrected chi connectivity index (χ4v) is 2.57. The maximum absolute atomic E-state index is 12.4. The number of amides is 2. The average Bonchev–Trinajstić information content (AvgIpc) is 3.06. The Balaban J connectivity index is 1.61. The zero-order valence-electron chi connectivity index (χ0n) is 13.1. The van der Waals surface area contributed by atoms with Crippen LogP contribution < -0.4 is 15.4 Å². The van der Waals surface area contributed by atoms with Gasteiger partial charge in [-0.1, -0.05) is 11.6 Å². The van der Waals surface area contributed by atoms with E-state index < -0.39 is 17.4 Å². The van der Waals surface area contributed by atoms with E-state index in [1.807, 2.05) is 10.8 Å². The average molecular weight is 349 g/mol. The van der Waals surface area contributed by atoms with Gasteiger partial charge in [0.25, 0.3) is 17.4 Å². The van der Waals surface area contributed by atoms with E-state index in [1.165, 1.54) is 6.92 Å². The molecule has 1 aliphatic heterocycles. The van der Waals surface area contributed by atoms with Crippen LogP contribution in [0.4, 0.5) is 5.69 Å². The molecule has 1 aromatic heterocycles. The number of aromatic nitrogens is 2. The van der Waals surface area contributed by atoms with Crippen molar-refractivity contribution in [2.45, 2.75) is 25.5 Å². The predicted octanol–water partition coefficient (Wildman–Crippen LogP) is 1.83. The van der Waals surface area contributed by atoms with Gasteiger partial charge in [-0.25, -0.2) is 4.98 Å². The molecular weight excluding hydrogens is 332 g/mol. The van der Waals surface area contributed by atoms with Crippen molar-refractivity contribution in [2.75, 3.05) is 11.9 Å². The normalized spacial score (nSPS) is 19.2. The van der Waals surface area contributed by atoms with Crippen LogP contribution in [0, 0.1) is 0 Å². The van der Waals surface area contributed by atoms with E-state index in [2.05, 4.69) is 15.6 Å². The second kappa shape index (κ2) is 6.52. The molecule has 0 aliphatic carbocycles. The Morgan fingerprint density at radius 1 is 1.50 bits per heavy atom. The molecule has 2 N–H and O–H groups in total. The van der Waals surface area contributed by atoms with Crippen molar-refractivity contribution in [1.82, 2.24) is 14.9 Å². The number of aryl methyl sites for hydroxylation is 1. The van der Waals surface area contributed by atoms with Crippen molar-refractivity contribution in [3.8, 4) is 5.75 Å². The summed E-state index contributed by atoms with van der Waals surface area (Å²) >= 11 is 5.89. The minimum absolute atomic E-state index is 0.412. The van der Waals surface area contributed by atoms with Crippen LogP contribution >= 0.6 is 11.6 Å². The summed E-state index contributed by atoms with van der Waals surface area (Å²) in [6.07, 6.45) is 5.97. The van der Waals surface area contributed by atoms with E-state index in [0.717, 1.165) is 6.54 Å². The summed E-state index contributed by atoms with van der Waals surface area (Å²) in [5, 5.41) is 5.88. The van der Waals surface area contributed by atoms with Crippen LogP contribution in [0.15, 0.2) is 36.9 Å². The third kappa shape index (κ3) is 3.21. The Hall–Kier alpha value is -2.54. The van der Waals surface area contributed by atoms with Crippen LogP contribution in [0.3, 0.4) is 0 Å². The first kappa shape index (κ1) is 16.3. The summed E-state index contributed by atoms with van der Waals surface area (Å²) in [5.74, 6) is -0.592. The SMILES string of the molecule is C[C@@]1(C(=O)NCCCn2ccnc2)Oc2ccc(Cl)cc2NC1=O. The van der Waals surface area contributed by atoms with Gasteiger partial charge in [-0.05, 0) is 31.5 Å². The fourth-order valence-electron chi connectivity index (χ4n) is 2.40. The molecule has 2 amide bonds. The topological polar surface area (TPSA) is 85.2 Å². The lowest BCUT2D eigenvalue weighted by molar-refractivity contribution is -0.146. The number of benzene rings is 1. The van der Waals surface area contributed by atoms with E-state index in [-0.39, 0.29) is 0 Å². The standard InChI is InChI=1S/C16H17ClN4O3/c1-16(14(22)19-5-2-7-21-8-6-18-10-21)15(23)20-12-9-11(17)3-4-13(12)24-16/h3-4,6,8-10H,2,5,7H2,1H3,(H,19,22)(H,20,23)/t16-/m0/s1. The highest BCUT2D eigenvalue weighted by Crippen LogP contribution is 2.35. The van der Waals surface area contributed by atoms with Gasteiger partial charge in [-0.2, -0.15) is 0 Å². The molecule has 3 rings (SSSR count). The lowest BCUT2D eigenvalue weighted by atomic mass is 10.0. The summed E-state index contributed by atoms with van der Waals surface area (Å²) < 4.78 is 7.57. The van der Waals surface area contributed by atoms with Crippen LogP contribution in [0.5, 0.6) is 5.75 Å². The van der Waals surface area contributed by atoms with Crippen molar-refractivity contribution >= 4 is 29.1 Å². The molecule has 2 aromatic rings. The van der Waals surface area contributed by atoms with Crippen molar-refractivity contribution in [1.29, 1.82) is 0 Å². The first-order valence-corrected chi connectivity index (χ1v) is 7.91. The zero-order valence-corrected chi connectivity index (χ0v) is 13.8. The number of carbonyl (C=O) groups excluding carboxylic acids is 2. The summed E-state index contributed by atoms with van der Waals surface area (Å²) in [4.78, 5) is 28.7. The van der Waals surface area contributed by atoms with Gasteiger partial charge < -0.3 is 19.9 Å². The number of imidazole rings is 1. The third-order valence-corrected chi connectivity index (χ3v) is 4.04. The van der Waals surface area contributed by atoms with Crippen LogP contribution in [0.1, 0.15) is 13.3 Å². The molecule has 0 fully saturated rings. The van der Waals surface area contributed by atoms with E-state index in [0.29, 0.717) is 29.4 Å². The van der Waals surface area contributed by atoms with Gasteiger partial charge in [0.1, 0.15) is 5.75 Å². The first-order valence-electron chi connectivity index (χ1n) is 7.53. The van der Waals surface area contributed by atoms with Crippen LogP contribution in [0.25, 0.3) is 0 Å². The molecule has 0 spiro atoms. The highest BCUT2D eigenvalue weighted by molar-refractivity contribution is 6.31. The molecule has 0 saturated heterocycles. The number of fused-ring (bicyclic) bond motifs is 1. The fraction of sp³-hybridized carbons (Fsp3) is 0.312. The van der Waals surface area contributed by atoms with Crippen molar-refractivity contribution < 1.29 is 14.3 Å². The van der Waals surface area contributed by atoms with E-state index in [9.17, 15) is 9.59 Å². The van der Waals surface area contributed by atoms with Gasteiger partial charge >= 0.3 is 0 Å². The lowest BCUT2D eigenvalue weighted by Crippen LogP contribution is -2.58. The highest BCUT2D eigenvalue weighted by atomic mass is 35.5. The van der Waals surface area contributed by atoms with Crippen LogP contribution in [-0.4, -0.2) is 33.5 Å². The largest absolute Gasteiger partial charge is 0.466 e. The second-order valence-electron chi connectivity index (χ2n) is 5.64. The zero-order chi connectivity index (χ0) is 17.2. The quantitative estimate of drug-likeness (QED) is 0.637. The minimum atomic E-state index is -1.62. The molecule has 24 heavy (non-hydrogen) atoms. The third-order valence-electron chi connectivity index (χ3n) is 3.81. The summed E-state index contributed by atoms with van der Waals surface area (Å²) in [6, 6.07) is 4.85. The molecule has 7 nitrogen and oxygen atoms in total. The summed E-state index contributed by atoms with van der Waals surface area (Å²) in [5.41, 5.74) is -1.16. The Morgan fingerprint density at radius 2 is 2.33 bits per heavy atom. The number of nitrogens with one attached hydrogen (secondary N) is 2. The number of nitrogens with zero attached hydrogens (tertiary/aromatic N) is 2. The van der Waals surface area contributed by atoms with Gasteiger partial charge in [0.05, 0.1) is 12.0 Å². The molecule has 1 aliphatic rings. The molecule has 2 heterocycles. The summed E-state index contributed by atoms with van der Waals surface area (Å²) in [7, 11) is 0. The molecule has 0 bridgehead atoms. The van der Waals surface area contributed by atoms with Crippen molar-refractivity contribution in [3.63, 3.8) is 0 Å². The van der Waals surface area contributed by atoms with E-state index in [4.69, 9.17) is 16.3 Å². The highest BCUT2D eigenvalue weighted by Gasteiger charge is 2.47. The molecule has 0 saturated carbocycles. The molecule has 1 atom stereocenters. The molecule has 0 radical (unpaired) electrons. The van der Waals surface area contributed by atoms with Gasteiger partial charge in [0.2, 0.25) is 0 Å². The monoisotopic (exact) mass is 348 g/mol. The van der Waals surface area contributed by atoms with Crippen LogP contribution in [0.2, 0.25) is 5.02 Å². The Bertz CT molecular complexity index is 763. The van der Waals surface area contributed by atoms with Gasteiger partial charge in [0.15, 0.2) is 0 Å². The molecule has 8 heteroatoms. The number of ether oxygens (including phenoxy) is 1. The Kier molecular flexibility index (Phi) is 4.44. The summed E-state index contributed by atoms with van der Waals surface area (Å²) in [6.45, 7) is 2.60. The molecular formula is C16H17ClN4O3. The lowest BCUT2D eigenvalue weighted by Gasteiger charge is -2.33. The van der Waals surface area contributed by atoms with Crippen molar-refractivity contribution in [3.05, 3.63) is 41.9 Å². The number of halogens is 1. The predicted molar refractivity (Wildman–Crippen MR) is 89.0 cm³/mol. The van der Waals surface area contributed by atoms with E-state index in [1.54, 1.807) is 30.7 Å². The minimum Gasteiger partial charge on any atom is -0.466 e. The smallest absolute Gasteiger partial charge is 0.278 e. The van der Waals surface area contributed by atoms with Crippen LogP contribution in [-0.2, 0) is 16.1 Å². The maximum Gasteiger partial charge on any atom is 0.278 e. The van der Waals surface area contributed by atoms with Gasteiger partial charge in [-0.3, -0.25) is 9.59 Å². The molecule has 0 unspecified atom stereocenters. The number of hydrogen-bond donors (Lipinski definition) is 2. The Morgan fingerprint density at radius 3 is 3.08 bits per heavy atom. The Labute approximate surface area is 144 Å². The number of rotatable bonds is 5. The second-order valence-corrected chi connectivity index (χ2v) is 6.08. The maximum atomic E-state index is 12.4.